The summed E-state index contributed by atoms with van der Waals surface area (Å²) < 4.78 is 5.75. The minimum absolute atomic E-state index is 0.531. The van der Waals surface area contributed by atoms with Gasteiger partial charge in [0.2, 0.25) is 0 Å². The number of nitrogens with one attached hydrogen (secondary N) is 1. The number of imidazole rings is 1. The van der Waals surface area contributed by atoms with Crippen LogP contribution in [0.5, 0.6) is 0 Å². The third-order valence-corrected chi connectivity index (χ3v) is 4.32. The first-order chi connectivity index (χ1) is 9.77. The van der Waals surface area contributed by atoms with Crippen molar-refractivity contribution in [3.05, 3.63) is 41.4 Å². The highest BCUT2D eigenvalue weighted by Crippen LogP contribution is 2.36. The van der Waals surface area contributed by atoms with Crippen molar-refractivity contribution in [1.82, 2.24) is 20.2 Å². The van der Waals surface area contributed by atoms with Gasteiger partial charge in [0, 0.05) is 18.4 Å². The van der Waals surface area contributed by atoms with Crippen molar-refractivity contribution in [3.63, 3.8) is 0 Å². The van der Waals surface area contributed by atoms with E-state index < -0.39 is 5.60 Å². The maximum absolute atomic E-state index is 5.75. The van der Waals surface area contributed by atoms with Crippen LogP contribution in [0.4, 0.5) is 0 Å². The number of methoxy groups -OCH3 is 1. The maximum atomic E-state index is 5.75. The van der Waals surface area contributed by atoms with Gasteiger partial charge in [-0.15, -0.1) is 11.8 Å². The predicted octanol–water partition coefficient (Wildman–Crippen LogP) is 2.79. The molecule has 0 aliphatic heterocycles. The van der Waals surface area contributed by atoms with Crippen molar-refractivity contribution in [1.29, 1.82) is 0 Å². The Labute approximate surface area is 121 Å². The fourth-order valence-corrected chi connectivity index (χ4v) is 2.98. The molecule has 1 atom stereocenters. The summed E-state index contributed by atoms with van der Waals surface area (Å²) in [6.07, 6.45) is 10.5. The molecule has 1 aliphatic rings. The first-order valence-corrected chi connectivity index (χ1v) is 7.50. The lowest BCUT2D eigenvalue weighted by Gasteiger charge is -2.28. The van der Waals surface area contributed by atoms with E-state index in [1.165, 1.54) is 4.91 Å². The van der Waals surface area contributed by atoms with Crippen molar-refractivity contribution in [2.75, 3.05) is 12.9 Å². The fourth-order valence-electron chi connectivity index (χ4n) is 2.28. The van der Waals surface area contributed by atoms with Gasteiger partial charge >= 0.3 is 0 Å². The van der Waals surface area contributed by atoms with Crippen LogP contribution < -0.4 is 0 Å². The van der Waals surface area contributed by atoms with Gasteiger partial charge in [-0.25, -0.2) is 4.98 Å². The zero-order valence-electron chi connectivity index (χ0n) is 11.5. The molecule has 0 radical (unpaired) electrons. The van der Waals surface area contributed by atoms with Gasteiger partial charge in [-0.3, -0.25) is 0 Å². The fraction of sp³-hybridized carbons (Fsp3) is 0.357. The smallest absolute Gasteiger partial charge is 0.147 e. The summed E-state index contributed by atoms with van der Waals surface area (Å²) >= 11 is 1.83. The molecule has 1 aliphatic carbocycles. The van der Waals surface area contributed by atoms with E-state index >= 15 is 0 Å². The molecular weight excluding hydrogens is 272 g/mol. The van der Waals surface area contributed by atoms with E-state index in [-0.39, 0.29) is 0 Å². The molecule has 5 nitrogen and oxygen atoms in total. The van der Waals surface area contributed by atoms with Crippen LogP contribution in [0.25, 0.3) is 11.0 Å². The topological polar surface area (TPSA) is 63.7 Å². The quantitative estimate of drug-likeness (QED) is 0.937. The summed E-state index contributed by atoms with van der Waals surface area (Å²) in [5.74, 6) is 1.86. The summed E-state index contributed by atoms with van der Waals surface area (Å²) in [4.78, 5) is 9.14. The van der Waals surface area contributed by atoms with Gasteiger partial charge in [-0.2, -0.15) is 10.2 Å². The standard InChI is InChI=1S/C14H16N4OS/c1-3-20-10-4-6-14(19-2,7-5-10)13-17-11-8-15-16-9-12(11)18-13/h4-6,8-9H,3,7H2,1-2H3,(H,17,18). The van der Waals surface area contributed by atoms with E-state index in [4.69, 9.17) is 4.74 Å². The van der Waals surface area contributed by atoms with Crippen molar-refractivity contribution in [3.8, 4) is 0 Å². The Balaban J connectivity index is 1.96. The number of fused-ring (bicyclic) bond motifs is 1. The summed E-state index contributed by atoms with van der Waals surface area (Å²) in [6, 6.07) is 0. The predicted molar refractivity (Wildman–Crippen MR) is 80.3 cm³/mol. The third kappa shape index (κ3) is 2.25. The number of hydrogen-bond donors (Lipinski definition) is 1. The van der Waals surface area contributed by atoms with Crippen LogP contribution in [-0.2, 0) is 10.3 Å². The average Bonchev–Trinajstić information content (AvgIpc) is 2.93. The molecule has 2 aromatic heterocycles. The number of ether oxygens (including phenoxy) is 1. The number of hydrogen-bond acceptors (Lipinski definition) is 5. The monoisotopic (exact) mass is 288 g/mol. The molecule has 0 fully saturated rings. The second kappa shape index (κ2) is 5.38. The zero-order valence-corrected chi connectivity index (χ0v) is 12.3. The maximum Gasteiger partial charge on any atom is 0.147 e. The molecule has 104 valence electrons. The largest absolute Gasteiger partial charge is 0.366 e. The first-order valence-electron chi connectivity index (χ1n) is 6.51. The average molecular weight is 288 g/mol. The van der Waals surface area contributed by atoms with Crippen molar-refractivity contribution in [2.45, 2.75) is 18.9 Å². The molecular formula is C14H16N4OS. The molecule has 0 aromatic carbocycles. The van der Waals surface area contributed by atoms with E-state index in [1.54, 1.807) is 19.5 Å². The van der Waals surface area contributed by atoms with Gasteiger partial charge in [0.05, 0.1) is 17.9 Å². The molecule has 2 heterocycles. The molecule has 1 unspecified atom stereocenters. The molecule has 3 rings (SSSR count). The Morgan fingerprint density at radius 2 is 2.25 bits per heavy atom. The van der Waals surface area contributed by atoms with Crippen LogP contribution in [0.3, 0.4) is 0 Å². The summed E-state index contributed by atoms with van der Waals surface area (Å²) in [6.45, 7) is 2.15. The van der Waals surface area contributed by atoms with Crippen molar-refractivity contribution in [2.24, 2.45) is 0 Å². The number of thioether (sulfide) groups is 1. The number of aromatic nitrogens is 4. The van der Waals surface area contributed by atoms with Crippen molar-refractivity contribution < 1.29 is 4.74 Å². The van der Waals surface area contributed by atoms with Crippen LogP contribution >= 0.6 is 11.8 Å². The minimum Gasteiger partial charge on any atom is -0.366 e. The molecule has 6 heteroatoms. The van der Waals surface area contributed by atoms with Gasteiger partial charge in [0.1, 0.15) is 16.9 Å². The zero-order chi connectivity index (χ0) is 14.0. The lowest BCUT2D eigenvalue weighted by molar-refractivity contribution is 0.0239. The minimum atomic E-state index is -0.531. The molecule has 0 saturated heterocycles. The van der Waals surface area contributed by atoms with Gasteiger partial charge < -0.3 is 9.72 Å². The molecule has 1 N–H and O–H groups in total. The molecule has 0 bridgehead atoms. The summed E-state index contributed by atoms with van der Waals surface area (Å²) in [5, 5.41) is 7.71. The molecule has 0 amide bonds. The number of rotatable bonds is 4. The molecule has 20 heavy (non-hydrogen) atoms. The molecule has 2 aromatic rings. The van der Waals surface area contributed by atoms with Crippen LogP contribution in [0.15, 0.2) is 35.5 Å². The highest BCUT2D eigenvalue weighted by Gasteiger charge is 2.33. The lowest BCUT2D eigenvalue weighted by Crippen LogP contribution is -2.28. The second-order valence-corrected chi connectivity index (χ2v) is 5.88. The number of H-pyrrole nitrogens is 1. The number of aromatic amines is 1. The number of allylic oxidation sites excluding steroid dienone is 1. The first kappa shape index (κ1) is 13.3. The van der Waals surface area contributed by atoms with Gasteiger partial charge in [0.25, 0.3) is 0 Å². The highest BCUT2D eigenvalue weighted by atomic mass is 32.2. The van der Waals surface area contributed by atoms with Crippen LogP contribution in [-0.4, -0.2) is 33.0 Å². The van der Waals surface area contributed by atoms with E-state index in [2.05, 4.69) is 45.3 Å². The van der Waals surface area contributed by atoms with Gasteiger partial charge in [-0.1, -0.05) is 13.0 Å². The van der Waals surface area contributed by atoms with Gasteiger partial charge in [0.15, 0.2) is 0 Å². The molecule has 0 spiro atoms. The van der Waals surface area contributed by atoms with E-state index in [0.29, 0.717) is 0 Å². The van der Waals surface area contributed by atoms with Gasteiger partial charge in [-0.05, 0) is 17.9 Å². The van der Waals surface area contributed by atoms with E-state index in [9.17, 15) is 0 Å². The highest BCUT2D eigenvalue weighted by molar-refractivity contribution is 8.03. The van der Waals surface area contributed by atoms with E-state index in [0.717, 1.165) is 29.0 Å². The Hall–Kier alpha value is -1.66. The second-order valence-electron chi connectivity index (χ2n) is 4.54. The Bertz CT molecular complexity index is 646. The van der Waals surface area contributed by atoms with Crippen molar-refractivity contribution >= 4 is 22.8 Å². The normalized spacial score (nSPS) is 22.2. The summed E-state index contributed by atoms with van der Waals surface area (Å²) in [5.41, 5.74) is 1.15. The van der Waals surface area contributed by atoms with Crippen LogP contribution in [0.1, 0.15) is 19.2 Å². The summed E-state index contributed by atoms with van der Waals surface area (Å²) in [7, 11) is 1.71. The van der Waals surface area contributed by atoms with E-state index in [1.807, 2.05) is 11.8 Å². The third-order valence-electron chi connectivity index (χ3n) is 3.39. The Morgan fingerprint density at radius 1 is 1.40 bits per heavy atom. The molecule has 0 saturated carbocycles. The SMILES string of the molecule is CCSC1=CCC(OC)(c2nc3cnncc3[nH]2)C=C1. The van der Waals surface area contributed by atoms with Crippen LogP contribution in [0.2, 0.25) is 0 Å². The Morgan fingerprint density at radius 3 is 2.90 bits per heavy atom. The Kier molecular flexibility index (Phi) is 3.58. The lowest BCUT2D eigenvalue weighted by atomic mass is 9.94. The van der Waals surface area contributed by atoms with Crippen LogP contribution in [0, 0.1) is 0 Å². The number of nitrogens with zero attached hydrogens (tertiary/aromatic N) is 3.